The first-order chi connectivity index (χ1) is 10.00. The summed E-state index contributed by atoms with van der Waals surface area (Å²) in [7, 11) is 0. The average Bonchev–Trinajstić information content (AvgIpc) is 3.04. The van der Waals surface area contributed by atoms with Gasteiger partial charge in [-0.05, 0) is 49.8 Å². The van der Waals surface area contributed by atoms with E-state index in [1.54, 1.807) is 6.07 Å². The van der Waals surface area contributed by atoms with Crippen LogP contribution in [0.15, 0.2) is 24.3 Å². The van der Waals surface area contributed by atoms with Crippen molar-refractivity contribution in [3.63, 3.8) is 0 Å². The lowest BCUT2D eigenvalue weighted by atomic mass is 10.0. The van der Waals surface area contributed by atoms with Crippen molar-refractivity contribution in [3.05, 3.63) is 35.6 Å². The first-order valence-corrected chi connectivity index (χ1v) is 7.31. The van der Waals surface area contributed by atoms with Crippen LogP contribution in [-0.4, -0.2) is 17.0 Å². The SMILES string of the molecule is O=C(O)[C@@H]1CC[C@H](C(=O)NC2(c3cccc(F)c3)CC2)C1. The summed E-state index contributed by atoms with van der Waals surface area (Å²) in [6.45, 7) is 0. The van der Waals surface area contributed by atoms with Gasteiger partial charge in [0.15, 0.2) is 0 Å². The zero-order valence-electron chi connectivity index (χ0n) is 11.6. The average molecular weight is 291 g/mol. The van der Waals surface area contributed by atoms with Crippen molar-refractivity contribution in [1.29, 1.82) is 0 Å². The lowest BCUT2D eigenvalue weighted by Gasteiger charge is -2.20. The van der Waals surface area contributed by atoms with Crippen LogP contribution in [0, 0.1) is 17.7 Å². The zero-order chi connectivity index (χ0) is 15.0. The number of hydrogen-bond donors (Lipinski definition) is 2. The molecule has 2 saturated carbocycles. The molecule has 0 aliphatic heterocycles. The summed E-state index contributed by atoms with van der Waals surface area (Å²) in [4.78, 5) is 23.3. The maximum Gasteiger partial charge on any atom is 0.306 e. The largest absolute Gasteiger partial charge is 0.481 e. The van der Waals surface area contributed by atoms with Gasteiger partial charge < -0.3 is 10.4 Å². The minimum absolute atomic E-state index is 0.0967. The molecule has 0 heterocycles. The first-order valence-electron chi connectivity index (χ1n) is 7.31. The van der Waals surface area contributed by atoms with Crippen LogP contribution < -0.4 is 5.32 Å². The molecule has 0 bridgehead atoms. The maximum atomic E-state index is 13.3. The fraction of sp³-hybridized carbons (Fsp3) is 0.500. The molecule has 1 amide bonds. The van der Waals surface area contributed by atoms with E-state index in [-0.39, 0.29) is 17.6 Å². The van der Waals surface area contributed by atoms with E-state index in [9.17, 15) is 14.0 Å². The number of carbonyl (C=O) groups is 2. The monoisotopic (exact) mass is 291 g/mol. The van der Waals surface area contributed by atoms with Crippen LogP contribution in [0.5, 0.6) is 0 Å². The lowest BCUT2D eigenvalue weighted by Crippen LogP contribution is -2.38. The molecule has 2 aliphatic rings. The second-order valence-corrected chi connectivity index (χ2v) is 6.13. The lowest BCUT2D eigenvalue weighted by molar-refractivity contribution is -0.141. The molecule has 1 aromatic carbocycles. The van der Waals surface area contributed by atoms with Crippen LogP contribution in [0.4, 0.5) is 4.39 Å². The van der Waals surface area contributed by atoms with Gasteiger partial charge in [0, 0.05) is 5.92 Å². The number of carbonyl (C=O) groups excluding carboxylic acids is 1. The number of amides is 1. The Balaban J connectivity index is 1.67. The molecule has 2 N–H and O–H groups in total. The van der Waals surface area contributed by atoms with Gasteiger partial charge in [-0.25, -0.2) is 4.39 Å². The fourth-order valence-corrected chi connectivity index (χ4v) is 3.18. The number of hydrogen-bond acceptors (Lipinski definition) is 2. The summed E-state index contributed by atoms with van der Waals surface area (Å²) in [5.41, 5.74) is 0.351. The minimum atomic E-state index is -0.823. The number of aliphatic carboxylic acids is 1. The highest BCUT2D eigenvalue weighted by Gasteiger charge is 2.47. The molecule has 112 valence electrons. The topological polar surface area (TPSA) is 66.4 Å². The first kappa shape index (κ1) is 14.0. The van der Waals surface area contributed by atoms with Crippen LogP contribution in [0.1, 0.15) is 37.7 Å². The van der Waals surface area contributed by atoms with Crippen LogP contribution in [0.2, 0.25) is 0 Å². The molecule has 2 aliphatic carbocycles. The molecule has 0 aromatic heterocycles. The van der Waals surface area contributed by atoms with Crippen molar-refractivity contribution in [2.45, 2.75) is 37.6 Å². The molecular formula is C16H18FNO3. The molecule has 0 saturated heterocycles. The summed E-state index contributed by atoms with van der Waals surface area (Å²) >= 11 is 0. The molecule has 1 aromatic rings. The van der Waals surface area contributed by atoms with E-state index in [1.807, 2.05) is 6.07 Å². The molecule has 3 rings (SSSR count). The molecule has 5 heteroatoms. The highest BCUT2D eigenvalue weighted by Crippen LogP contribution is 2.46. The molecule has 2 fully saturated rings. The second kappa shape index (κ2) is 5.13. The number of halogens is 1. The Morgan fingerprint density at radius 3 is 2.52 bits per heavy atom. The van der Waals surface area contributed by atoms with Crippen LogP contribution in [0.3, 0.4) is 0 Å². The van der Waals surface area contributed by atoms with E-state index >= 15 is 0 Å². The Labute approximate surface area is 122 Å². The third kappa shape index (κ3) is 2.77. The van der Waals surface area contributed by atoms with Gasteiger partial charge in [-0.2, -0.15) is 0 Å². The van der Waals surface area contributed by atoms with E-state index in [2.05, 4.69) is 5.32 Å². The van der Waals surface area contributed by atoms with Gasteiger partial charge in [0.05, 0.1) is 11.5 Å². The summed E-state index contributed by atoms with van der Waals surface area (Å²) < 4.78 is 13.3. The van der Waals surface area contributed by atoms with Gasteiger partial charge in [0.1, 0.15) is 5.82 Å². The van der Waals surface area contributed by atoms with E-state index < -0.39 is 17.4 Å². The van der Waals surface area contributed by atoms with Crippen molar-refractivity contribution < 1.29 is 19.1 Å². The Bertz CT molecular complexity index is 583. The van der Waals surface area contributed by atoms with Gasteiger partial charge in [0.2, 0.25) is 5.91 Å². The molecule has 0 spiro atoms. The quantitative estimate of drug-likeness (QED) is 0.895. The molecule has 21 heavy (non-hydrogen) atoms. The predicted molar refractivity (Wildman–Crippen MR) is 73.9 cm³/mol. The van der Waals surface area contributed by atoms with Gasteiger partial charge in [-0.3, -0.25) is 9.59 Å². The Morgan fingerprint density at radius 2 is 1.95 bits per heavy atom. The second-order valence-electron chi connectivity index (χ2n) is 6.13. The van der Waals surface area contributed by atoms with Crippen molar-refractivity contribution in [1.82, 2.24) is 5.32 Å². The summed E-state index contributed by atoms with van der Waals surface area (Å²) in [5.74, 6) is -1.88. The highest BCUT2D eigenvalue weighted by molar-refractivity contribution is 5.82. The van der Waals surface area contributed by atoms with Crippen molar-refractivity contribution >= 4 is 11.9 Å². The summed E-state index contributed by atoms with van der Waals surface area (Å²) in [6.07, 6.45) is 3.18. The minimum Gasteiger partial charge on any atom is -0.481 e. The standard InChI is InChI=1S/C16H18FNO3/c17-13-3-1-2-12(9-13)16(6-7-16)18-14(19)10-4-5-11(8-10)15(20)21/h1-3,9-11H,4-8H2,(H,18,19)(H,20,21)/t10-,11+/m0/s1. The molecular weight excluding hydrogens is 273 g/mol. The van der Waals surface area contributed by atoms with E-state index in [4.69, 9.17) is 5.11 Å². The molecule has 2 atom stereocenters. The highest BCUT2D eigenvalue weighted by atomic mass is 19.1. The Kier molecular flexibility index (Phi) is 3.43. The number of benzene rings is 1. The number of carboxylic acid groups (broad SMARTS) is 1. The van der Waals surface area contributed by atoms with Crippen molar-refractivity contribution in [3.8, 4) is 0 Å². The summed E-state index contributed by atoms with van der Waals surface area (Å²) in [6, 6.07) is 6.32. The van der Waals surface area contributed by atoms with E-state index in [0.717, 1.165) is 18.4 Å². The third-order valence-corrected chi connectivity index (χ3v) is 4.64. The van der Waals surface area contributed by atoms with Gasteiger partial charge in [-0.15, -0.1) is 0 Å². The van der Waals surface area contributed by atoms with Crippen LogP contribution >= 0.6 is 0 Å². The van der Waals surface area contributed by atoms with Crippen LogP contribution in [0.25, 0.3) is 0 Å². The number of rotatable bonds is 4. The molecule has 0 radical (unpaired) electrons. The molecule has 4 nitrogen and oxygen atoms in total. The van der Waals surface area contributed by atoms with E-state index in [0.29, 0.717) is 19.3 Å². The van der Waals surface area contributed by atoms with Crippen LogP contribution in [-0.2, 0) is 15.1 Å². The zero-order valence-corrected chi connectivity index (χ0v) is 11.6. The van der Waals surface area contributed by atoms with E-state index in [1.165, 1.54) is 12.1 Å². The fourth-order valence-electron chi connectivity index (χ4n) is 3.18. The third-order valence-electron chi connectivity index (χ3n) is 4.64. The number of nitrogens with one attached hydrogen (secondary N) is 1. The smallest absolute Gasteiger partial charge is 0.306 e. The van der Waals surface area contributed by atoms with Gasteiger partial charge >= 0.3 is 5.97 Å². The Morgan fingerprint density at radius 1 is 1.24 bits per heavy atom. The Hall–Kier alpha value is -1.91. The predicted octanol–water partition coefficient (Wildman–Crippen LogP) is 2.43. The van der Waals surface area contributed by atoms with Gasteiger partial charge in [0.25, 0.3) is 0 Å². The van der Waals surface area contributed by atoms with Crippen molar-refractivity contribution in [2.75, 3.05) is 0 Å². The van der Waals surface area contributed by atoms with Gasteiger partial charge in [-0.1, -0.05) is 12.1 Å². The normalized spacial score (nSPS) is 26.3. The summed E-state index contributed by atoms with van der Waals surface area (Å²) in [5, 5.41) is 12.0. The maximum absolute atomic E-state index is 13.3. The van der Waals surface area contributed by atoms with Crippen molar-refractivity contribution in [2.24, 2.45) is 11.8 Å². The molecule has 0 unspecified atom stereocenters. The number of carboxylic acids is 1.